The zero-order valence-electron chi connectivity index (χ0n) is 11.5. The predicted octanol–water partition coefficient (Wildman–Crippen LogP) is -0.480. The molecule has 0 aliphatic heterocycles. The third kappa shape index (κ3) is 6.19. The topological polar surface area (TPSA) is 110 Å². The van der Waals surface area contributed by atoms with Crippen LogP contribution in [0.4, 0.5) is 0 Å². The number of carbonyl (C=O) groups excluding carboxylic acids is 2. The third-order valence-electron chi connectivity index (χ3n) is 2.49. The number of sulfonamides is 1. The van der Waals surface area contributed by atoms with E-state index in [4.69, 9.17) is 5.73 Å². The van der Waals surface area contributed by atoms with E-state index in [1.165, 1.54) is 13.1 Å². The lowest BCUT2D eigenvalue weighted by atomic mass is 10.2. The number of likely N-dealkylation sites (N-methyl/N-ethyl adjacent to an activating group) is 1. The Labute approximate surface area is 123 Å². The zero-order chi connectivity index (χ0) is 15.9. The van der Waals surface area contributed by atoms with Gasteiger partial charge in [-0.2, -0.15) is 4.31 Å². The number of hydrogen-bond acceptors (Lipinski definition) is 4. The summed E-state index contributed by atoms with van der Waals surface area (Å²) in [5.41, 5.74) is 5.60. The van der Waals surface area contributed by atoms with E-state index in [-0.39, 0.29) is 6.54 Å². The van der Waals surface area contributed by atoms with Gasteiger partial charge in [0.25, 0.3) is 0 Å². The minimum atomic E-state index is -3.72. The fourth-order valence-corrected chi connectivity index (χ4v) is 2.20. The number of hydrogen-bond donors (Lipinski definition) is 2. The third-order valence-corrected chi connectivity index (χ3v) is 3.97. The summed E-state index contributed by atoms with van der Waals surface area (Å²) < 4.78 is 24.8. The van der Waals surface area contributed by atoms with Crippen LogP contribution in [0.5, 0.6) is 0 Å². The van der Waals surface area contributed by atoms with Gasteiger partial charge < -0.3 is 11.1 Å². The number of nitrogens with one attached hydrogen (secondary N) is 1. The monoisotopic (exact) mass is 311 g/mol. The first-order valence-corrected chi connectivity index (χ1v) is 7.56. The summed E-state index contributed by atoms with van der Waals surface area (Å²) in [7, 11) is -2.44. The Bertz CT molecular complexity index is 626. The second kappa shape index (κ2) is 7.55. The van der Waals surface area contributed by atoms with Gasteiger partial charge in [0.15, 0.2) is 0 Å². The van der Waals surface area contributed by atoms with Crippen molar-refractivity contribution in [2.24, 2.45) is 5.73 Å². The number of nitrogens with two attached hydrogens (primary N) is 1. The van der Waals surface area contributed by atoms with Gasteiger partial charge in [0.1, 0.15) is 0 Å². The molecule has 3 N–H and O–H groups in total. The molecule has 114 valence electrons. The van der Waals surface area contributed by atoms with E-state index in [1.54, 1.807) is 24.3 Å². The van der Waals surface area contributed by atoms with E-state index in [2.05, 4.69) is 5.32 Å². The van der Waals surface area contributed by atoms with Crippen molar-refractivity contribution in [1.29, 1.82) is 0 Å². The molecule has 2 amide bonds. The van der Waals surface area contributed by atoms with E-state index in [0.29, 0.717) is 0 Å². The van der Waals surface area contributed by atoms with E-state index >= 15 is 0 Å². The highest BCUT2D eigenvalue weighted by Gasteiger charge is 2.17. The van der Waals surface area contributed by atoms with Crippen molar-refractivity contribution in [2.75, 3.05) is 20.1 Å². The average molecular weight is 311 g/mol. The predicted molar refractivity (Wildman–Crippen MR) is 79.2 cm³/mol. The quantitative estimate of drug-likeness (QED) is 0.708. The molecule has 0 aliphatic carbocycles. The molecule has 0 radical (unpaired) electrons. The average Bonchev–Trinajstić information content (AvgIpc) is 2.44. The summed E-state index contributed by atoms with van der Waals surface area (Å²) in [6, 6.07) is 8.90. The lowest BCUT2D eigenvalue weighted by molar-refractivity contribution is -0.124. The molecule has 8 heteroatoms. The van der Waals surface area contributed by atoms with Crippen LogP contribution in [0, 0.1) is 0 Å². The molecule has 1 aromatic rings. The smallest absolute Gasteiger partial charge is 0.236 e. The molecule has 0 atom stereocenters. The lowest BCUT2D eigenvalue weighted by Gasteiger charge is -2.13. The van der Waals surface area contributed by atoms with Gasteiger partial charge in [-0.15, -0.1) is 0 Å². The zero-order valence-corrected chi connectivity index (χ0v) is 12.3. The van der Waals surface area contributed by atoms with Crippen molar-refractivity contribution < 1.29 is 18.0 Å². The van der Waals surface area contributed by atoms with Crippen LogP contribution in [0.1, 0.15) is 5.56 Å². The Morgan fingerprint density at radius 1 is 1.29 bits per heavy atom. The van der Waals surface area contributed by atoms with Crippen LogP contribution in [-0.2, 0) is 19.6 Å². The maximum Gasteiger partial charge on any atom is 0.236 e. The van der Waals surface area contributed by atoms with Crippen LogP contribution < -0.4 is 11.1 Å². The van der Waals surface area contributed by atoms with Gasteiger partial charge in [-0.1, -0.05) is 30.3 Å². The molecular formula is C13H17N3O4S. The van der Waals surface area contributed by atoms with Crippen LogP contribution >= 0.6 is 0 Å². The van der Waals surface area contributed by atoms with E-state index < -0.39 is 28.4 Å². The normalized spacial score (nSPS) is 11.7. The number of rotatable bonds is 7. The largest absolute Gasteiger partial charge is 0.368 e. The molecule has 0 unspecified atom stereocenters. The Kier molecular flexibility index (Phi) is 6.07. The molecule has 0 aliphatic rings. The second-order valence-electron chi connectivity index (χ2n) is 4.26. The SMILES string of the molecule is CN(CC(=O)NCC(N)=O)S(=O)(=O)/C=C/c1ccccc1. The molecule has 0 saturated heterocycles. The van der Waals surface area contributed by atoms with Crippen molar-refractivity contribution >= 4 is 27.9 Å². The Morgan fingerprint density at radius 3 is 2.48 bits per heavy atom. The summed E-state index contributed by atoms with van der Waals surface area (Å²) in [6.07, 6.45) is 1.44. The molecule has 0 bridgehead atoms. The molecule has 0 saturated carbocycles. The van der Waals surface area contributed by atoms with Gasteiger partial charge in [0, 0.05) is 12.5 Å². The summed E-state index contributed by atoms with van der Waals surface area (Å²) >= 11 is 0. The molecule has 0 aromatic heterocycles. The molecule has 1 aromatic carbocycles. The van der Waals surface area contributed by atoms with E-state index in [1.807, 2.05) is 6.07 Å². The van der Waals surface area contributed by atoms with Gasteiger partial charge in [-0.05, 0) is 11.6 Å². The van der Waals surface area contributed by atoms with Crippen molar-refractivity contribution in [3.8, 4) is 0 Å². The standard InChI is InChI=1S/C13H17N3O4S/c1-16(10-13(18)15-9-12(14)17)21(19,20)8-7-11-5-3-2-4-6-11/h2-8H,9-10H2,1H3,(H2,14,17)(H,15,18)/b8-7+. The maximum atomic E-state index is 11.9. The van der Waals surface area contributed by atoms with Gasteiger partial charge in [-0.3, -0.25) is 9.59 Å². The summed E-state index contributed by atoms with van der Waals surface area (Å²) in [5, 5.41) is 3.23. The number of carbonyl (C=O) groups is 2. The highest BCUT2D eigenvalue weighted by Crippen LogP contribution is 2.06. The molecule has 0 heterocycles. The van der Waals surface area contributed by atoms with Crippen LogP contribution in [-0.4, -0.2) is 44.7 Å². The molecule has 21 heavy (non-hydrogen) atoms. The fourth-order valence-electron chi connectivity index (χ4n) is 1.37. The number of amides is 2. The number of primary amides is 1. The van der Waals surface area contributed by atoms with Gasteiger partial charge in [-0.25, -0.2) is 8.42 Å². The Morgan fingerprint density at radius 2 is 1.90 bits per heavy atom. The van der Waals surface area contributed by atoms with Crippen molar-refractivity contribution in [3.05, 3.63) is 41.3 Å². The minimum Gasteiger partial charge on any atom is -0.368 e. The van der Waals surface area contributed by atoms with Gasteiger partial charge >= 0.3 is 0 Å². The van der Waals surface area contributed by atoms with Crippen LogP contribution in [0.25, 0.3) is 6.08 Å². The lowest BCUT2D eigenvalue weighted by Crippen LogP contribution is -2.40. The Balaban J connectivity index is 2.63. The number of benzene rings is 1. The van der Waals surface area contributed by atoms with Crippen LogP contribution in [0.15, 0.2) is 35.7 Å². The summed E-state index contributed by atoms with van der Waals surface area (Å²) in [5.74, 6) is -1.30. The summed E-state index contributed by atoms with van der Waals surface area (Å²) in [4.78, 5) is 21.9. The first kappa shape index (κ1) is 16.9. The van der Waals surface area contributed by atoms with Gasteiger partial charge in [0.2, 0.25) is 21.8 Å². The van der Waals surface area contributed by atoms with Crippen LogP contribution in [0.3, 0.4) is 0 Å². The van der Waals surface area contributed by atoms with Gasteiger partial charge in [0.05, 0.1) is 13.1 Å². The number of nitrogens with zero attached hydrogens (tertiary/aromatic N) is 1. The summed E-state index contributed by atoms with van der Waals surface area (Å²) in [6.45, 7) is -0.721. The van der Waals surface area contributed by atoms with Crippen molar-refractivity contribution in [1.82, 2.24) is 9.62 Å². The minimum absolute atomic E-state index is 0.327. The highest BCUT2D eigenvalue weighted by molar-refractivity contribution is 7.92. The highest BCUT2D eigenvalue weighted by atomic mass is 32.2. The maximum absolute atomic E-state index is 11.9. The molecule has 0 spiro atoms. The van der Waals surface area contributed by atoms with Crippen LogP contribution in [0.2, 0.25) is 0 Å². The van der Waals surface area contributed by atoms with E-state index in [0.717, 1.165) is 15.3 Å². The Hall–Kier alpha value is -2.19. The molecule has 7 nitrogen and oxygen atoms in total. The fraction of sp³-hybridized carbons (Fsp3) is 0.231. The first-order chi connectivity index (χ1) is 9.81. The first-order valence-electron chi connectivity index (χ1n) is 6.06. The molecule has 1 rings (SSSR count). The van der Waals surface area contributed by atoms with E-state index in [9.17, 15) is 18.0 Å². The second-order valence-corrected chi connectivity index (χ2v) is 6.18. The van der Waals surface area contributed by atoms with Crippen molar-refractivity contribution in [3.63, 3.8) is 0 Å². The molecule has 0 fully saturated rings. The molecular weight excluding hydrogens is 294 g/mol. The van der Waals surface area contributed by atoms with Crippen molar-refractivity contribution in [2.45, 2.75) is 0 Å².